The molecule has 0 aliphatic carbocycles. The van der Waals surface area contributed by atoms with Gasteiger partial charge in [0.05, 0.1) is 16.7 Å². The summed E-state index contributed by atoms with van der Waals surface area (Å²) in [5.74, 6) is -0.882. The van der Waals surface area contributed by atoms with Crippen molar-refractivity contribution in [3.63, 3.8) is 0 Å². The first-order valence-corrected chi connectivity index (χ1v) is 10.0. The van der Waals surface area contributed by atoms with Crippen LogP contribution in [0.4, 0.5) is 5.69 Å². The second kappa shape index (κ2) is 10.9. The predicted molar refractivity (Wildman–Crippen MR) is 122 cm³/mol. The van der Waals surface area contributed by atoms with Crippen molar-refractivity contribution in [3.8, 4) is 11.5 Å². The molecule has 9 nitrogen and oxygen atoms in total. The van der Waals surface area contributed by atoms with Gasteiger partial charge in [0.25, 0.3) is 5.91 Å². The first kappa shape index (κ1) is 23.4. The molecule has 0 fully saturated rings. The number of hydrazone groups is 1. The van der Waals surface area contributed by atoms with Gasteiger partial charge in [-0.2, -0.15) is 5.10 Å². The number of nitro groups is 1. The molecule has 0 radical (unpaired) electrons. The van der Waals surface area contributed by atoms with Gasteiger partial charge in [0.1, 0.15) is 5.75 Å². The van der Waals surface area contributed by atoms with E-state index in [2.05, 4.69) is 10.5 Å². The fourth-order valence-electron chi connectivity index (χ4n) is 2.62. The number of hydrogen-bond acceptors (Lipinski definition) is 7. The fraction of sp³-hybridized carbons (Fsp3) is 0.0870. The number of esters is 1. The zero-order chi connectivity index (χ0) is 23.8. The highest BCUT2D eigenvalue weighted by Crippen LogP contribution is 2.26. The second-order valence-corrected chi connectivity index (χ2v) is 7.12. The Morgan fingerprint density at radius 2 is 1.82 bits per heavy atom. The summed E-state index contributed by atoms with van der Waals surface area (Å²) >= 11 is 5.82. The SMILES string of the molecule is C[C@@H](Oc1ccccc1[N+](=O)[O-])C(=O)N/N=C\c1cccc(OC(=O)c2ccc(Cl)cc2)c1. The number of rotatable bonds is 8. The first-order chi connectivity index (χ1) is 15.8. The molecule has 0 unspecified atom stereocenters. The van der Waals surface area contributed by atoms with E-state index in [0.29, 0.717) is 21.9 Å². The van der Waals surface area contributed by atoms with E-state index in [1.807, 2.05) is 0 Å². The van der Waals surface area contributed by atoms with E-state index in [0.717, 1.165) is 0 Å². The normalized spacial score (nSPS) is 11.6. The molecular formula is C23H18ClN3O6. The van der Waals surface area contributed by atoms with Crippen LogP contribution in [0.5, 0.6) is 11.5 Å². The highest BCUT2D eigenvalue weighted by atomic mass is 35.5. The monoisotopic (exact) mass is 467 g/mol. The molecule has 0 aliphatic heterocycles. The number of carbonyl (C=O) groups is 2. The van der Waals surface area contributed by atoms with Crippen molar-refractivity contribution in [1.29, 1.82) is 0 Å². The number of hydrogen-bond donors (Lipinski definition) is 1. The standard InChI is InChI=1S/C23H18ClN3O6/c1-15(32-21-8-3-2-7-20(21)27(30)31)22(28)26-25-14-16-5-4-6-19(13-16)33-23(29)17-9-11-18(24)12-10-17/h2-15H,1H3,(H,26,28)/b25-14-/t15-/m1/s1. The first-order valence-electron chi connectivity index (χ1n) is 9.64. The average Bonchev–Trinajstić information content (AvgIpc) is 2.80. The van der Waals surface area contributed by atoms with Crippen LogP contribution in [0.3, 0.4) is 0 Å². The van der Waals surface area contributed by atoms with E-state index in [1.54, 1.807) is 54.6 Å². The lowest BCUT2D eigenvalue weighted by Crippen LogP contribution is -2.33. The fourth-order valence-corrected chi connectivity index (χ4v) is 2.75. The molecule has 0 heterocycles. The number of halogens is 1. The minimum atomic E-state index is -1.03. The maximum Gasteiger partial charge on any atom is 0.343 e. The van der Waals surface area contributed by atoms with E-state index in [9.17, 15) is 19.7 Å². The molecule has 3 rings (SSSR count). The highest BCUT2D eigenvalue weighted by Gasteiger charge is 2.20. The summed E-state index contributed by atoms with van der Waals surface area (Å²) in [6.07, 6.45) is 0.324. The Labute approximate surface area is 193 Å². The van der Waals surface area contributed by atoms with Crippen LogP contribution in [0.25, 0.3) is 0 Å². The van der Waals surface area contributed by atoms with Gasteiger partial charge in [-0.25, -0.2) is 10.2 Å². The smallest absolute Gasteiger partial charge is 0.343 e. The van der Waals surface area contributed by atoms with Gasteiger partial charge >= 0.3 is 11.7 Å². The van der Waals surface area contributed by atoms with Crippen molar-refractivity contribution in [2.75, 3.05) is 0 Å². The Morgan fingerprint density at radius 3 is 2.55 bits per heavy atom. The topological polar surface area (TPSA) is 120 Å². The lowest BCUT2D eigenvalue weighted by Gasteiger charge is -2.12. The maximum atomic E-state index is 12.2. The molecule has 168 valence electrons. The zero-order valence-corrected chi connectivity index (χ0v) is 18.1. The van der Waals surface area contributed by atoms with Gasteiger partial charge in [0.2, 0.25) is 0 Å². The molecule has 33 heavy (non-hydrogen) atoms. The number of nitrogens with one attached hydrogen (secondary N) is 1. The van der Waals surface area contributed by atoms with Crippen LogP contribution in [-0.2, 0) is 4.79 Å². The molecular weight excluding hydrogens is 450 g/mol. The minimum Gasteiger partial charge on any atom is -0.474 e. The van der Waals surface area contributed by atoms with E-state index in [4.69, 9.17) is 21.1 Å². The van der Waals surface area contributed by atoms with Crippen molar-refractivity contribution in [2.45, 2.75) is 13.0 Å². The molecule has 0 spiro atoms. The van der Waals surface area contributed by atoms with Crippen LogP contribution < -0.4 is 14.9 Å². The van der Waals surface area contributed by atoms with Gasteiger partial charge in [0.15, 0.2) is 11.9 Å². The van der Waals surface area contributed by atoms with Gasteiger partial charge in [-0.3, -0.25) is 14.9 Å². The van der Waals surface area contributed by atoms with E-state index >= 15 is 0 Å². The van der Waals surface area contributed by atoms with Crippen molar-refractivity contribution < 1.29 is 24.0 Å². The number of nitro benzene ring substituents is 1. The van der Waals surface area contributed by atoms with Crippen molar-refractivity contribution in [3.05, 3.63) is 99.1 Å². The number of benzene rings is 3. The van der Waals surface area contributed by atoms with Gasteiger partial charge < -0.3 is 9.47 Å². The summed E-state index contributed by atoms with van der Waals surface area (Å²) in [5, 5.41) is 15.4. The third kappa shape index (κ3) is 6.62. The van der Waals surface area contributed by atoms with Crippen LogP contribution in [0, 0.1) is 10.1 Å². The summed E-state index contributed by atoms with van der Waals surface area (Å²) < 4.78 is 10.7. The van der Waals surface area contributed by atoms with Crippen molar-refractivity contribution in [1.82, 2.24) is 5.43 Å². The highest BCUT2D eigenvalue weighted by molar-refractivity contribution is 6.30. The third-order valence-corrected chi connectivity index (χ3v) is 4.52. The van der Waals surface area contributed by atoms with Gasteiger partial charge in [-0.15, -0.1) is 0 Å². The van der Waals surface area contributed by atoms with Crippen LogP contribution in [0.2, 0.25) is 5.02 Å². The number of amides is 1. The summed E-state index contributed by atoms with van der Waals surface area (Å²) in [7, 11) is 0. The Bertz CT molecular complexity index is 1200. The number of nitrogens with zero attached hydrogens (tertiary/aromatic N) is 2. The van der Waals surface area contributed by atoms with Crippen molar-refractivity contribution >= 4 is 35.4 Å². The molecule has 0 saturated heterocycles. The quantitative estimate of drug-likeness (QED) is 0.172. The molecule has 0 aromatic heterocycles. The lowest BCUT2D eigenvalue weighted by molar-refractivity contribution is -0.386. The van der Waals surface area contributed by atoms with Crippen LogP contribution in [0.15, 0.2) is 77.9 Å². The molecule has 1 amide bonds. The molecule has 3 aromatic rings. The zero-order valence-electron chi connectivity index (χ0n) is 17.3. The Hall–Kier alpha value is -4.24. The summed E-state index contributed by atoms with van der Waals surface area (Å²) in [6.45, 7) is 1.44. The number of carbonyl (C=O) groups excluding carboxylic acids is 2. The van der Waals surface area contributed by atoms with E-state index < -0.39 is 22.9 Å². The van der Waals surface area contributed by atoms with Gasteiger partial charge in [-0.1, -0.05) is 35.9 Å². The predicted octanol–water partition coefficient (Wildman–Crippen LogP) is 4.39. The average molecular weight is 468 g/mol. The molecule has 0 aliphatic rings. The van der Waals surface area contributed by atoms with Crippen LogP contribution in [-0.4, -0.2) is 29.1 Å². The Balaban J connectivity index is 1.58. The van der Waals surface area contributed by atoms with Crippen molar-refractivity contribution in [2.24, 2.45) is 5.10 Å². The lowest BCUT2D eigenvalue weighted by atomic mass is 10.2. The second-order valence-electron chi connectivity index (χ2n) is 6.69. The molecule has 0 bridgehead atoms. The minimum absolute atomic E-state index is 0.0238. The molecule has 1 atom stereocenters. The van der Waals surface area contributed by atoms with E-state index in [-0.39, 0.29) is 11.4 Å². The summed E-state index contributed by atoms with van der Waals surface area (Å²) in [4.78, 5) is 34.9. The van der Waals surface area contributed by atoms with Gasteiger partial charge in [-0.05, 0) is 55.0 Å². The third-order valence-electron chi connectivity index (χ3n) is 4.27. The largest absolute Gasteiger partial charge is 0.474 e. The molecule has 1 N–H and O–H groups in total. The molecule has 3 aromatic carbocycles. The Morgan fingerprint density at radius 1 is 1.09 bits per heavy atom. The van der Waals surface area contributed by atoms with Gasteiger partial charge in [0, 0.05) is 11.1 Å². The van der Waals surface area contributed by atoms with E-state index in [1.165, 1.54) is 31.3 Å². The number of ether oxygens (including phenoxy) is 2. The molecule has 10 heteroatoms. The molecule has 0 saturated carbocycles. The summed E-state index contributed by atoms with van der Waals surface area (Å²) in [6, 6.07) is 18.6. The van der Waals surface area contributed by atoms with Crippen LogP contribution >= 0.6 is 11.6 Å². The maximum absolute atomic E-state index is 12.2. The van der Waals surface area contributed by atoms with Crippen LogP contribution in [0.1, 0.15) is 22.8 Å². The Kier molecular flexibility index (Phi) is 7.72. The number of para-hydroxylation sites is 2. The summed E-state index contributed by atoms with van der Waals surface area (Å²) in [5.41, 5.74) is 2.97.